The van der Waals surface area contributed by atoms with Crippen molar-refractivity contribution in [1.29, 1.82) is 0 Å². The zero-order valence-corrected chi connectivity index (χ0v) is 42.6. The molecule has 0 rings (SSSR count). The van der Waals surface area contributed by atoms with Crippen molar-refractivity contribution in [1.82, 2.24) is 5.32 Å². The summed E-state index contributed by atoms with van der Waals surface area (Å²) in [6.45, 7) is 4.08. The third kappa shape index (κ3) is 46.0. The molecule has 4 atom stereocenters. The summed E-state index contributed by atoms with van der Waals surface area (Å²) in [5.41, 5.74) is 0. The third-order valence-electron chi connectivity index (χ3n) is 13.7. The molecule has 0 saturated carbocycles. The minimum atomic E-state index is -1.28. The molecular formula is C57H113NO5. The molecule has 0 fully saturated rings. The molecular weight excluding hydrogens is 779 g/mol. The molecule has 63 heavy (non-hydrogen) atoms. The Hall–Kier alpha value is -0.950. The van der Waals surface area contributed by atoms with Crippen LogP contribution in [-0.4, -0.2) is 57.3 Å². The maximum absolute atomic E-state index is 12.6. The van der Waals surface area contributed by atoms with Gasteiger partial charge in [-0.15, -0.1) is 0 Å². The minimum Gasteiger partial charge on any atom is -0.394 e. The van der Waals surface area contributed by atoms with E-state index in [1.165, 1.54) is 250 Å². The van der Waals surface area contributed by atoms with Gasteiger partial charge in [-0.25, -0.2) is 0 Å². The molecule has 376 valence electrons. The first-order valence-electron chi connectivity index (χ1n) is 28.6. The second-order valence-electron chi connectivity index (χ2n) is 20.0. The number of unbranched alkanes of at least 4 members (excludes halogenated alkanes) is 42. The van der Waals surface area contributed by atoms with Crippen LogP contribution in [0.2, 0.25) is 0 Å². The Morgan fingerprint density at radius 2 is 0.651 bits per heavy atom. The lowest BCUT2D eigenvalue weighted by Crippen LogP contribution is -2.53. The van der Waals surface area contributed by atoms with Crippen LogP contribution >= 0.6 is 0 Å². The predicted molar refractivity (Wildman–Crippen MR) is 275 cm³/mol. The molecule has 0 radical (unpaired) electrons. The Balaban J connectivity index is 3.61. The summed E-state index contributed by atoms with van der Waals surface area (Å²) < 4.78 is 0. The maximum Gasteiger partial charge on any atom is 0.249 e. The number of hydrogen-bond acceptors (Lipinski definition) is 5. The fourth-order valence-corrected chi connectivity index (χ4v) is 9.23. The molecule has 6 nitrogen and oxygen atoms in total. The number of aliphatic hydroxyl groups excluding tert-OH is 4. The monoisotopic (exact) mass is 892 g/mol. The molecule has 0 saturated heterocycles. The molecule has 0 aromatic heterocycles. The first-order valence-corrected chi connectivity index (χ1v) is 28.6. The highest BCUT2D eigenvalue weighted by Crippen LogP contribution is 2.18. The standard InChI is InChI=1S/C57H113NO5/c1-3-5-7-9-11-13-15-17-19-21-23-25-26-27-28-29-30-31-33-35-37-39-41-43-45-47-49-51-55(61)57(63)58-53(52-59)56(62)54(60)50-48-46-44-42-40-38-36-34-32-24-22-20-18-16-14-12-10-8-6-4-2/h42,44,53-56,59-62H,3-41,43,45-52H2,1-2H3,(H,58,63)/b44-42+. The molecule has 0 bridgehead atoms. The van der Waals surface area contributed by atoms with E-state index in [0.717, 1.165) is 38.5 Å². The van der Waals surface area contributed by atoms with Gasteiger partial charge in [0.1, 0.15) is 12.2 Å². The van der Waals surface area contributed by atoms with Crippen molar-refractivity contribution in [3.8, 4) is 0 Å². The maximum atomic E-state index is 12.6. The second kappa shape index (κ2) is 52.0. The molecule has 5 N–H and O–H groups in total. The number of amides is 1. The summed E-state index contributed by atoms with van der Waals surface area (Å²) >= 11 is 0. The summed E-state index contributed by atoms with van der Waals surface area (Å²) in [4.78, 5) is 12.6. The highest BCUT2D eigenvalue weighted by atomic mass is 16.3. The molecule has 0 aromatic rings. The van der Waals surface area contributed by atoms with E-state index in [1.54, 1.807) is 0 Å². The summed E-state index contributed by atoms with van der Waals surface area (Å²) in [5, 5.41) is 44.0. The van der Waals surface area contributed by atoms with Crippen LogP contribution in [0.15, 0.2) is 12.2 Å². The van der Waals surface area contributed by atoms with Gasteiger partial charge in [0, 0.05) is 0 Å². The van der Waals surface area contributed by atoms with Gasteiger partial charge in [-0.05, 0) is 38.5 Å². The van der Waals surface area contributed by atoms with Gasteiger partial charge >= 0.3 is 0 Å². The average molecular weight is 893 g/mol. The van der Waals surface area contributed by atoms with Crippen LogP contribution in [0.3, 0.4) is 0 Å². The lowest BCUT2D eigenvalue weighted by molar-refractivity contribution is -0.132. The van der Waals surface area contributed by atoms with Gasteiger partial charge in [-0.2, -0.15) is 0 Å². The fraction of sp³-hybridized carbons (Fsp3) is 0.947. The van der Waals surface area contributed by atoms with Crippen LogP contribution in [0.5, 0.6) is 0 Å². The third-order valence-corrected chi connectivity index (χ3v) is 13.7. The van der Waals surface area contributed by atoms with Crippen molar-refractivity contribution >= 4 is 5.91 Å². The molecule has 0 spiro atoms. The van der Waals surface area contributed by atoms with E-state index in [0.29, 0.717) is 12.8 Å². The Kier molecular flexibility index (Phi) is 51.2. The number of carbonyl (C=O) groups excluding carboxylic acids is 1. The molecule has 0 aromatic carbocycles. The van der Waals surface area contributed by atoms with Crippen LogP contribution in [0.4, 0.5) is 0 Å². The van der Waals surface area contributed by atoms with Gasteiger partial charge in [0.05, 0.1) is 18.8 Å². The lowest BCUT2D eigenvalue weighted by atomic mass is 10.00. The summed E-state index contributed by atoms with van der Waals surface area (Å²) in [7, 11) is 0. The molecule has 4 unspecified atom stereocenters. The zero-order chi connectivity index (χ0) is 45.9. The van der Waals surface area contributed by atoms with Gasteiger partial charge < -0.3 is 25.7 Å². The van der Waals surface area contributed by atoms with Gasteiger partial charge in [-0.3, -0.25) is 4.79 Å². The van der Waals surface area contributed by atoms with E-state index in [1.807, 2.05) is 0 Å². The Bertz CT molecular complexity index is 913. The van der Waals surface area contributed by atoms with E-state index < -0.39 is 36.9 Å². The van der Waals surface area contributed by atoms with E-state index >= 15 is 0 Å². The highest BCUT2D eigenvalue weighted by Gasteiger charge is 2.28. The normalized spacial score (nSPS) is 13.8. The number of hydrogen-bond donors (Lipinski definition) is 5. The second-order valence-corrected chi connectivity index (χ2v) is 20.0. The quantitative estimate of drug-likeness (QED) is 0.0309. The first-order chi connectivity index (χ1) is 31.0. The van der Waals surface area contributed by atoms with E-state index in [4.69, 9.17) is 0 Å². The average Bonchev–Trinajstić information content (AvgIpc) is 3.29. The molecule has 0 aliphatic heterocycles. The predicted octanol–water partition coefficient (Wildman–Crippen LogP) is 16.5. The Morgan fingerprint density at radius 1 is 0.381 bits per heavy atom. The topological polar surface area (TPSA) is 110 Å². The van der Waals surface area contributed by atoms with Crippen molar-refractivity contribution in [2.24, 2.45) is 0 Å². The van der Waals surface area contributed by atoms with Crippen molar-refractivity contribution < 1.29 is 25.2 Å². The van der Waals surface area contributed by atoms with Gasteiger partial charge in [0.25, 0.3) is 0 Å². The van der Waals surface area contributed by atoms with Gasteiger partial charge in [-0.1, -0.05) is 289 Å². The van der Waals surface area contributed by atoms with Gasteiger partial charge in [0.2, 0.25) is 5.91 Å². The van der Waals surface area contributed by atoms with Crippen molar-refractivity contribution in [3.05, 3.63) is 12.2 Å². The first kappa shape index (κ1) is 62.1. The number of carbonyl (C=O) groups is 1. The van der Waals surface area contributed by atoms with Crippen molar-refractivity contribution in [2.75, 3.05) is 6.61 Å². The minimum absolute atomic E-state index is 0.369. The largest absolute Gasteiger partial charge is 0.394 e. The number of aliphatic hydroxyl groups is 4. The highest BCUT2D eigenvalue weighted by molar-refractivity contribution is 5.80. The van der Waals surface area contributed by atoms with Crippen LogP contribution in [0.25, 0.3) is 0 Å². The Labute approximate surface area is 393 Å². The number of nitrogens with one attached hydrogen (secondary N) is 1. The number of allylic oxidation sites excluding steroid dienone is 2. The van der Waals surface area contributed by atoms with E-state index in [-0.39, 0.29) is 0 Å². The molecule has 0 heterocycles. The van der Waals surface area contributed by atoms with Crippen LogP contribution in [0, 0.1) is 0 Å². The van der Waals surface area contributed by atoms with Crippen molar-refractivity contribution in [2.45, 2.75) is 340 Å². The smallest absolute Gasteiger partial charge is 0.249 e. The van der Waals surface area contributed by atoms with E-state index in [2.05, 4.69) is 31.3 Å². The SMILES string of the molecule is CCCCCCCCCCCCCCCCC/C=C/CCCC(O)C(O)C(CO)NC(=O)C(O)CCCCCCCCCCCCCCCCCCCCCCCCCCCCC. The lowest BCUT2D eigenvalue weighted by Gasteiger charge is -2.27. The molecule has 0 aliphatic carbocycles. The summed E-state index contributed by atoms with van der Waals surface area (Å²) in [6, 6.07) is -0.999. The zero-order valence-electron chi connectivity index (χ0n) is 42.6. The van der Waals surface area contributed by atoms with Crippen LogP contribution < -0.4 is 5.32 Å². The van der Waals surface area contributed by atoms with Crippen LogP contribution in [-0.2, 0) is 4.79 Å². The molecule has 0 aliphatic rings. The van der Waals surface area contributed by atoms with Crippen molar-refractivity contribution in [3.63, 3.8) is 0 Å². The molecule has 6 heteroatoms. The van der Waals surface area contributed by atoms with Gasteiger partial charge in [0.15, 0.2) is 0 Å². The summed E-state index contributed by atoms with van der Waals surface area (Å²) in [6.07, 6.45) is 61.4. The number of rotatable bonds is 53. The summed E-state index contributed by atoms with van der Waals surface area (Å²) in [5.74, 6) is -0.586. The molecule has 1 amide bonds. The van der Waals surface area contributed by atoms with Crippen LogP contribution in [0.1, 0.15) is 316 Å². The fourth-order valence-electron chi connectivity index (χ4n) is 9.23. The van der Waals surface area contributed by atoms with E-state index in [9.17, 15) is 25.2 Å². The Morgan fingerprint density at radius 3 is 0.952 bits per heavy atom.